The van der Waals surface area contributed by atoms with Crippen LogP contribution in [0.25, 0.3) is 10.6 Å². The van der Waals surface area contributed by atoms with Gasteiger partial charge in [0.05, 0.1) is 5.69 Å². The van der Waals surface area contributed by atoms with Crippen LogP contribution in [0.4, 0.5) is 0 Å². The molecule has 0 aromatic carbocycles. The Labute approximate surface area is 127 Å². The van der Waals surface area contributed by atoms with Crippen LogP contribution < -0.4 is 5.32 Å². The number of nitrogens with zero attached hydrogens (tertiary/aromatic N) is 1. The van der Waals surface area contributed by atoms with E-state index in [9.17, 15) is 4.79 Å². The van der Waals surface area contributed by atoms with Crippen molar-refractivity contribution in [2.24, 2.45) is 0 Å². The highest BCUT2D eigenvalue weighted by molar-refractivity contribution is 7.17. The fourth-order valence-electron chi connectivity index (χ4n) is 2.61. The molecule has 0 atom stereocenters. The van der Waals surface area contributed by atoms with Gasteiger partial charge in [-0.1, -0.05) is 19.3 Å². The number of carbonyl (C=O) groups is 1. The monoisotopic (exact) mass is 306 g/mol. The molecule has 3 rings (SSSR count). The Morgan fingerprint density at radius 2 is 2.15 bits per heavy atom. The highest BCUT2D eigenvalue weighted by Gasteiger charge is 2.20. The first-order chi connectivity index (χ1) is 9.74. The number of carbonyl (C=O) groups excluding carboxylic acids is 1. The zero-order valence-corrected chi connectivity index (χ0v) is 13.1. The van der Waals surface area contributed by atoms with Crippen LogP contribution in [0.15, 0.2) is 16.8 Å². The van der Waals surface area contributed by atoms with Gasteiger partial charge < -0.3 is 5.32 Å². The second-order valence-electron chi connectivity index (χ2n) is 5.25. The number of hydrogen-bond donors (Lipinski definition) is 1. The van der Waals surface area contributed by atoms with Crippen LogP contribution in [-0.4, -0.2) is 16.9 Å². The molecule has 1 aliphatic rings. The predicted octanol–water partition coefficient (Wildman–Crippen LogP) is 4.24. The fraction of sp³-hybridized carbons (Fsp3) is 0.467. The second kappa shape index (κ2) is 6.06. The Kier molecular flexibility index (Phi) is 4.17. The van der Waals surface area contributed by atoms with Gasteiger partial charge in [-0.15, -0.1) is 11.3 Å². The molecule has 0 saturated heterocycles. The largest absolute Gasteiger partial charge is 0.349 e. The first-order valence-corrected chi connectivity index (χ1v) is 8.81. The molecular formula is C15H18N2OS2. The molecule has 1 amide bonds. The summed E-state index contributed by atoms with van der Waals surface area (Å²) in [6.07, 6.45) is 5.98. The van der Waals surface area contributed by atoms with Crippen LogP contribution in [-0.2, 0) is 0 Å². The molecule has 2 aromatic rings. The summed E-state index contributed by atoms with van der Waals surface area (Å²) in [6.45, 7) is 1.92. The van der Waals surface area contributed by atoms with Crippen LogP contribution in [0.3, 0.4) is 0 Å². The molecule has 20 heavy (non-hydrogen) atoms. The molecule has 1 saturated carbocycles. The second-order valence-corrected chi connectivity index (χ2v) is 7.03. The predicted molar refractivity (Wildman–Crippen MR) is 84.5 cm³/mol. The zero-order valence-electron chi connectivity index (χ0n) is 11.5. The molecule has 106 valence electrons. The van der Waals surface area contributed by atoms with Crippen molar-refractivity contribution < 1.29 is 4.79 Å². The lowest BCUT2D eigenvalue weighted by atomic mass is 9.95. The molecule has 0 bridgehead atoms. The number of nitrogens with one attached hydrogen (secondary N) is 1. The van der Waals surface area contributed by atoms with Crippen LogP contribution in [0.5, 0.6) is 0 Å². The minimum absolute atomic E-state index is 0.0494. The summed E-state index contributed by atoms with van der Waals surface area (Å²) in [6, 6.07) is 2.40. The molecule has 1 fully saturated rings. The topological polar surface area (TPSA) is 42.0 Å². The van der Waals surface area contributed by atoms with Crippen molar-refractivity contribution in [1.82, 2.24) is 10.3 Å². The number of hydrogen-bond acceptors (Lipinski definition) is 4. The standard InChI is InChI=1S/C15H18N2OS2/c1-10-13(14(18)17-12-5-3-2-4-6-12)20-15(16-10)11-7-8-19-9-11/h7-9,12H,2-6H2,1H3,(H,17,18). The third-order valence-electron chi connectivity index (χ3n) is 3.71. The highest BCUT2D eigenvalue weighted by atomic mass is 32.1. The maximum Gasteiger partial charge on any atom is 0.263 e. The average Bonchev–Trinajstić information content (AvgIpc) is 3.08. The Hall–Kier alpha value is -1.20. The van der Waals surface area contributed by atoms with Crippen molar-refractivity contribution in [3.8, 4) is 10.6 Å². The number of rotatable bonds is 3. The van der Waals surface area contributed by atoms with Crippen LogP contribution in [0.2, 0.25) is 0 Å². The van der Waals surface area contributed by atoms with Gasteiger partial charge in [0.2, 0.25) is 0 Å². The molecule has 0 radical (unpaired) electrons. The van der Waals surface area contributed by atoms with Crippen LogP contribution in [0, 0.1) is 6.92 Å². The quantitative estimate of drug-likeness (QED) is 0.921. The minimum atomic E-state index is 0.0494. The van der Waals surface area contributed by atoms with E-state index in [1.165, 1.54) is 30.6 Å². The maximum atomic E-state index is 12.4. The number of thiophene rings is 1. The normalized spacial score (nSPS) is 16.2. The van der Waals surface area contributed by atoms with Crippen molar-refractivity contribution in [1.29, 1.82) is 0 Å². The van der Waals surface area contributed by atoms with Gasteiger partial charge in [-0.05, 0) is 31.2 Å². The number of amides is 1. The van der Waals surface area contributed by atoms with Gasteiger partial charge in [-0.2, -0.15) is 11.3 Å². The van der Waals surface area contributed by atoms with E-state index in [1.54, 1.807) is 11.3 Å². The summed E-state index contributed by atoms with van der Waals surface area (Å²) in [4.78, 5) is 17.7. The van der Waals surface area contributed by atoms with Crippen molar-refractivity contribution in [2.75, 3.05) is 0 Å². The van der Waals surface area contributed by atoms with Crippen LogP contribution >= 0.6 is 22.7 Å². The fourth-order valence-corrected chi connectivity index (χ4v) is 4.30. The van der Waals surface area contributed by atoms with E-state index in [-0.39, 0.29) is 5.91 Å². The SMILES string of the molecule is Cc1nc(-c2ccsc2)sc1C(=O)NC1CCCCC1. The molecule has 1 N–H and O–H groups in total. The molecule has 3 nitrogen and oxygen atoms in total. The maximum absolute atomic E-state index is 12.4. The Morgan fingerprint density at radius 1 is 1.35 bits per heavy atom. The van der Waals surface area contributed by atoms with Gasteiger partial charge in [0.25, 0.3) is 5.91 Å². The van der Waals surface area contributed by atoms with E-state index in [1.807, 2.05) is 18.4 Å². The van der Waals surface area contributed by atoms with E-state index < -0.39 is 0 Å². The van der Waals surface area contributed by atoms with Gasteiger partial charge in [0.15, 0.2) is 0 Å². The van der Waals surface area contributed by atoms with E-state index in [4.69, 9.17) is 0 Å². The van der Waals surface area contributed by atoms with Crippen LogP contribution in [0.1, 0.15) is 47.5 Å². The van der Waals surface area contributed by atoms with Crippen molar-refractivity contribution in [3.63, 3.8) is 0 Å². The average molecular weight is 306 g/mol. The third-order valence-corrected chi connectivity index (χ3v) is 5.60. The van der Waals surface area contributed by atoms with Crippen molar-refractivity contribution in [2.45, 2.75) is 45.1 Å². The zero-order chi connectivity index (χ0) is 13.9. The van der Waals surface area contributed by atoms with Crippen molar-refractivity contribution in [3.05, 3.63) is 27.4 Å². The molecular weight excluding hydrogens is 288 g/mol. The van der Waals surface area contributed by atoms with E-state index in [0.717, 1.165) is 34.0 Å². The lowest BCUT2D eigenvalue weighted by Crippen LogP contribution is -2.36. The van der Waals surface area contributed by atoms with E-state index in [0.29, 0.717) is 6.04 Å². The van der Waals surface area contributed by atoms with Gasteiger partial charge in [0.1, 0.15) is 9.88 Å². The molecule has 0 aliphatic heterocycles. The van der Waals surface area contributed by atoms with Gasteiger partial charge in [0, 0.05) is 17.0 Å². The van der Waals surface area contributed by atoms with Crippen molar-refractivity contribution >= 4 is 28.6 Å². The summed E-state index contributed by atoms with van der Waals surface area (Å²) < 4.78 is 0. The Balaban J connectivity index is 1.74. The highest BCUT2D eigenvalue weighted by Crippen LogP contribution is 2.29. The lowest BCUT2D eigenvalue weighted by molar-refractivity contribution is 0.0931. The molecule has 2 heterocycles. The molecule has 1 aliphatic carbocycles. The first kappa shape index (κ1) is 13.8. The smallest absolute Gasteiger partial charge is 0.263 e. The summed E-state index contributed by atoms with van der Waals surface area (Å²) in [5.41, 5.74) is 1.95. The minimum Gasteiger partial charge on any atom is -0.349 e. The Bertz CT molecular complexity index is 583. The number of aryl methyl sites for hydroxylation is 1. The summed E-state index contributed by atoms with van der Waals surface area (Å²) >= 11 is 3.15. The molecule has 5 heteroatoms. The summed E-state index contributed by atoms with van der Waals surface area (Å²) in [5, 5.41) is 8.22. The summed E-state index contributed by atoms with van der Waals surface area (Å²) in [7, 11) is 0. The molecule has 0 spiro atoms. The van der Waals surface area contributed by atoms with Gasteiger partial charge >= 0.3 is 0 Å². The van der Waals surface area contributed by atoms with Gasteiger partial charge in [-0.25, -0.2) is 4.98 Å². The molecule has 2 aromatic heterocycles. The first-order valence-electron chi connectivity index (χ1n) is 7.05. The molecule has 0 unspecified atom stereocenters. The third kappa shape index (κ3) is 2.94. The van der Waals surface area contributed by atoms with E-state index >= 15 is 0 Å². The lowest BCUT2D eigenvalue weighted by Gasteiger charge is -2.22. The number of aromatic nitrogens is 1. The number of thiazole rings is 1. The Morgan fingerprint density at radius 3 is 2.85 bits per heavy atom. The van der Waals surface area contributed by atoms with Gasteiger partial charge in [-0.3, -0.25) is 4.79 Å². The van der Waals surface area contributed by atoms with E-state index in [2.05, 4.69) is 15.7 Å². The summed E-state index contributed by atoms with van der Waals surface area (Å²) in [5.74, 6) is 0.0494.